The van der Waals surface area contributed by atoms with E-state index in [9.17, 15) is 4.79 Å². The molecular weight excluding hydrogens is 462 g/mol. The molecule has 2 heterocycles. The van der Waals surface area contributed by atoms with Gasteiger partial charge in [0.2, 0.25) is 0 Å². The third-order valence-electron chi connectivity index (χ3n) is 4.28. The van der Waals surface area contributed by atoms with E-state index in [2.05, 4.69) is 37.4 Å². The lowest BCUT2D eigenvalue weighted by Gasteiger charge is -2.00. The quantitative estimate of drug-likeness (QED) is 0.517. The van der Waals surface area contributed by atoms with Crippen LogP contribution >= 0.6 is 27.7 Å². The molecular formula is C22H16BrN5OS. The molecule has 1 N–H and O–H groups in total. The van der Waals surface area contributed by atoms with E-state index in [0.29, 0.717) is 23.0 Å². The summed E-state index contributed by atoms with van der Waals surface area (Å²) in [4.78, 5) is 17.5. The van der Waals surface area contributed by atoms with Crippen LogP contribution < -0.4 is 5.32 Å². The Morgan fingerprint density at radius 2 is 1.97 bits per heavy atom. The Hall–Kier alpha value is -3.15. The van der Waals surface area contributed by atoms with Gasteiger partial charge in [0.1, 0.15) is 0 Å². The smallest absolute Gasteiger partial charge is 0.264 e. The van der Waals surface area contributed by atoms with E-state index in [0.717, 1.165) is 27.0 Å². The second-order valence-corrected chi connectivity index (χ2v) is 8.37. The molecule has 4 rings (SSSR count). The van der Waals surface area contributed by atoms with Gasteiger partial charge in [-0.05, 0) is 42.1 Å². The van der Waals surface area contributed by atoms with Crippen molar-refractivity contribution < 1.29 is 4.79 Å². The summed E-state index contributed by atoms with van der Waals surface area (Å²) >= 11 is 4.74. The Morgan fingerprint density at radius 1 is 1.20 bits per heavy atom. The monoisotopic (exact) mass is 477 g/mol. The first-order valence-electron chi connectivity index (χ1n) is 9.17. The predicted molar refractivity (Wildman–Crippen MR) is 123 cm³/mol. The lowest BCUT2D eigenvalue weighted by Crippen LogP contribution is -2.19. The minimum absolute atomic E-state index is 0.193. The number of amidine groups is 1. The number of carbonyl (C=O) groups is 1. The molecule has 1 aliphatic heterocycles. The van der Waals surface area contributed by atoms with Crippen molar-refractivity contribution in [3.8, 4) is 17.3 Å². The number of rotatable bonds is 5. The maximum Gasteiger partial charge on any atom is 0.264 e. The molecule has 2 aromatic carbocycles. The maximum atomic E-state index is 12.5. The van der Waals surface area contributed by atoms with E-state index in [4.69, 9.17) is 5.26 Å². The lowest BCUT2D eigenvalue weighted by atomic mass is 10.1. The second kappa shape index (κ2) is 9.11. The standard InChI is InChI=1S/C22H16BrN5OS/c23-17-9-7-15(8-10-17)20-16(14-28(27-20)12-4-11-24)13-19-21(29)26-22(30-19)25-18-5-2-1-3-6-18/h1-3,5-10,13-14H,4,12H2,(H,25,26,29)/b19-13-. The largest absolute Gasteiger partial charge is 0.300 e. The van der Waals surface area contributed by atoms with Crippen LogP contribution in [0.15, 0.2) is 75.2 Å². The molecule has 0 aliphatic carbocycles. The van der Waals surface area contributed by atoms with Crippen LogP contribution in [0.4, 0.5) is 5.69 Å². The lowest BCUT2D eigenvalue weighted by molar-refractivity contribution is -0.115. The Balaban J connectivity index is 1.67. The summed E-state index contributed by atoms with van der Waals surface area (Å²) in [6.07, 6.45) is 4.04. The summed E-state index contributed by atoms with van der Waals surface area (Å²) in [5.41, 5.74) is 3.28. The number of halogens is 1. The van der Waals surface area contributed by atoms with Crippen molar-refractivity contribution in [3.63, 3.8) is 0 Å². The third-order valence-corrected chi connectivity index (χ3v) is 5.72. The number of hydrogen-bond donors (Lipinski definition) is 1. The minimum atomic E-state index is -0.193. The zero-order valence-corrected chi connectivity index (χ0v) is 18.2. The third kappa shape index (κ3) is 4.70. The van der Waals surface area contributed by atoms with Crippen LogP contribution in [-0.4, -0.2) is 20.9 Å². The summed E-state index contributed by atoms with van der Waals surface area (Å²) < 4.78 is 2.71. The van der Waals surface area contributed by atoms with E-state index in [1.165, 1.54) is 11.8 Å². The highest BCUT2D eigenvalue weighted by Gasteiger charge is 2.25. The number of hydrogen-bond acceptors (Lipinski definition) is 5. The molecule has 1 amide bonds. The molecule has 0 spiro atoms. The maximum absolute atomic E-state index is 12.5. The van der Waals surface area contributed by atoms with Crippen LogP contribution in [0.5, 0.6) is 0 Å². The molecule has 0 saturated carbocycles. The average Bonchev–Trinajstić information content (AvgIpc) is 3.31. The van der Waals surface area contributed by atoms with Crippen molar-refractivity contribution in [1.82, 2.24) is 15.1 Å². The first-order chi connectivity index (χ1) is 14.6. The molecule has 0 unspecified atom stereocenters. The summed E-state index contributed by atoms with van der Waals surface area (Å²) in [5, 5.41) is 16.9. The van der Waals surface area contributed by atoms with Gasteiger partial charge in [0.15, 0.2) is 5.17 Å². The van der Waals surface area contributed by atoms with Crippen LogP contribution in [0.1, 0.15) is 12.0 Å². The average molecular weight is 478 g/mol. The summed E-state index contributed by atoms with van der Waals surface area (Å²) in [7, 11) is 0. The molecule has 1 fully saturated rings. The van der Waals surface area contributed by atoms with Gasteiger partial charge in [-0.25, -0.2) is 4.99 Å². The number of nitrogens with zero attached hydrogens (tertiary/aromatic N) is 4. The molecule has 1 saturated heterocycles. The number of para-hydroxylation sites is 1. The highest BCUT2D eigenvalue weighted by molar-refractivity contribution is 9.10. The van der Waals surface area contributed by atoms with Crippen molar-refractivity contribution in [2.75, 3.05) is 0 Å². The van der Waals surface area contributed by atoms with Crippen molar-refractivity contribution in [1.29, 1.82) is 5.26 Å². The normalized spacial score (nSPS) is 16.1. The molecule has 0 bridgehead atoms. The Bertz CT molecular complexity index is 1180. The van der Waals surface area contributed by atoms with Crippen LogP contribution in [0.25, 0.3) is 17.3 Å². The van der Waals surface area contributed by atoms with Crippen LogP contribution in [0.2, 0.25) is 0 Å². The highest BCUT2D eigenvalue weighted by Crippen LogP contribution is 2.31. The summed E-state index contributed by atoms with van der Waals surface area (Å²) in [6.45, 7) is 0.489. The fourth-order valence-electron chi connectivity index (χ4n) is 2.90. The van der Waals surface area contributed by atoms with E-state index in [-0.39, 0.29) is 5.91 Å². The number of nitriles is 1. The van der Waals surface area contributed by atoms with Gasteiger partial charge in [-0.2, -0.15) is 10.4 Å². The van der Waals surface area contributed by atoms with Gasteiger partial charge in [0.05, 0.1) is 35.3 Å². The van der Waals surface area contributed by atoms with Crippen LogP contribution in [0.3, 0.4) is 0 Å². The Labute approximate surface area is 186 Å². The van der Waals surface area contributed by atoms with Gasteiger partial charge in [0, 0.05) is 21.8 Å². The Kier molecular flexibility index (Phi) is 6.12. The van der Waals surface area contributed by atoms with Crippen molar-refractivity contribution >= 4 is 50.5 Å². The molecule has 0 atom stereocenters. The molecule has 1 aromatic heterocycles. The van der Waals surface area contributed by atoms with Crippen molar-refractivity contribution in [3.05, 3.63) is 75.7 Å². The molecule has 1 aliphatic rings. The molecule has 3 aromatic rings. The zero-order chi connectivity index (χ0) is 20.9. The first kappa shape index (κ1) is 20.1. The van der Waals surface area contributed by atoms with E-state index < -0.39 is 0 Å². The van der Waals surface area contributed by atoms with Gasteiger partial charge in [-0.3, -0.25) is 9.48 Å². The number of carbonyl (C=O) groups excluding carboxylic acids is 1. The molecule has 148 valence electrons. The molecule has 6 nitrogen and oxygen atoms in total. The molecule has 30 heavy (non-hydrogen) atoms. The number of nitrogens with one attached hydrogen (secondary N) is 1. The topological polar surface area (TPSA) is 83.1 Å². The number of benzene rings is 2. The van der Waals surface area contributed by atoms with E-state index in [1.54, 1.807) is 4.68 Å². The highest BCUT2D eigenvalue weighted by atomic mass is 79.9. The van der Waals surface area contributed by atoms with Gasteiger partial charge in [0.25, 0.3) is 5.91 Å². The molecule has 8 heteroatoms. The van der Waals surface area contributed by atoms with Crippen LogP contribution in [-0.2, 0) is 11.3 Å². The van der Waals surface area contributed by atoms with Gasteiger partial charge in [-0.15, -0.1) is 0 Å². The number of amides is 1. The first-order valence-corrected chi connectivity index (χ1v) is 10.8. The van der Waals surface area contributed by atoms with E-state index in [1.807, 2.05) is 66.9 Å². The number of aryl methyl sites for hydroxylation is 1. The Morgan fingerprint density at radius 3 is 2.70 bits per heavy atom. The SMILES string of the molecule is N#CCCn1cc(/C=C2\SC(=Nc3ccccc3)NC2=O)c(-c2ccc(Br)cc2)n1. The second-order valence-electron chi connectivity index (χ2n) is 6.43. The number of thioether (sulfide) groups is 1. The predicted octanol–water partition coefficient (Wildman–Crippen LogP) is 5.12. The van der Waals surface area contributed by atoms with E-state index >= 15 is 0 Å². The van der Waals surface area contributed by atoms with Crippen molar-refractivity contribution in [2.45, 2.75) is 13.0 Å². The van der Waals surface area contributed by atoms with Gasteiger partial charge in [-0.1, -0.05) is 46.3 Å². The fourth-order valence-corrected chi connectivity index (χ4v) is 3.99. The minimum Gasteiger partial charge on any atom is -0.300 e. The van der Waals surface area contributed by atoms with Crippen LogP contribution in [0, 0.1) is 11.3 Å². The summed E-state index contributed by atoms with van der Waals surface area (Å²) in [6, 6.07) is 19.4. The summed E-state index contributed by atoms with van der Waals surface area (Å²) in [5.74, 6) is -0.193. The fraction of sp³-hybridized carbons (Fsp3) is 0.0909. The number of aromatic nitrogens is 2. The van der Waals surface area contributed by atoms with Crippen molar-refractivity contribution in [2.24, 2.45) is 4.99 Å². The number of aliphatic imine (C=N–C) groups is 1. The zero-order valence-electron chi connectivity index (χ0n) is 15.7. The van der Waals surface area contributed by atoms with Gasteiger partial charge >= 0.3 is 0 Å². The van der Waals surface area contributed by atoms with Gasteiger partial charge < -0.3 is 5.32 Å². The molecule has 0 radical (unpaired) electrons.